The lowest BCUT2D eigenvalue weighted by Gasteiger charge is -2.20. The molecule has 0 aliphatic heterocycles. The van der Waals surface area contributed by atoms with Crippen LogP contribution in [0.2, 0.25) is 0 Å². The lowest BCUT2D eigenvalue weighted by molar-refractivity contribution is -0.140. The molecule has 1 atom stereocenters. The van der Waals surface area contributed by atoms with Crippen molar-refractivity contribution in [3.05, 3.63) is 57.0 Å². The summed E-state index contributed by atoms with van der Waals surface area (Å²) in [6, 6.07) is 4.67. The van der Waals surface area contributed by atoms with Crippen molar-refractivity contribution in [3.8, 4) is 0 Å². The molecule has 0 aliphatic rings. The summed E-state index contributed by atoms with van der Waals surface area (Å²) < 4.78 is 51.9. The molecule has 0 saturated carbocycles. The molecule has 1 nitrogen and oxygen atoms in total. The zero-order valence-corrected chi connectivity index (χ0v) is 12.4. The second-order valence-corrected chi connectivity index (χ2v) is 5.78. The highest BCUT2D eigenvalue weighted by molar-refractivity contribution is 7.10. The molecule has 0 radical (unpaired) electrons. The second-order valence-electron chi connectivity index (χ2n) is 4.66. The number of alkyl halides is 3. The number of rotatable bonds is 4. The van der Waals surface area contributed by atoms with Gasteiger partial charge in [0.25, 0.3) is 0 Å². The Morgan fingerprint density at radius 2 is 1.95 bits per heavy atom. The maximum atomic E-state index is 13.4. The van der Waals surface area contributed by atoms with E-state index in [4.69, 9.17) is 0 Å². The van der Waals surface area contributed by atoms with E-state index in [9.17, 15) is 17.6 Å². The van der Waals surface area contributed by atoms with Crippen molar-refractivity contribution >= 4 is 11.3 Å². The van der Waals surface area contributed by atoms with Crippen LogP contribution in [0.3, 0.4) is 0 Å². The standard InChI is InChI=1S/C15H15F4NS/c1-3-20-14(11-6-7-21-9(11)2)10-4-5-13(16)12(8-10)15(17,18)19/h4-8,14,20H,3H2,1-2H3. The van der Waals surface area contributed by atoms with Gasteiger partial charge in [0.1, 0.15) is 5.82 Å². The smallest absolute Gasteiger partial charge is 0.306 e. The number of thiophene rings is 1. The zero-order valence-electron chi connectivity index (χ0n) is 11.6. The minimum atomic E-state index is -4.69. The van der Waals surface area contributed by atoms with E-state index in [2.05, 4.69) is 5.32 Å². The molecule has 1 aromatic heterocycles. The van der Waals surface area contributed by atoms with Gasteiger partial charge in [-0.1, -0.05) is 13.0 Å². The summed E-state index contributed by atoms with van der Waals surface area (Å²) in [7, 11) is 0. The molecular weight excluding hydrogens is 302 g/mol. The fourth-order valence-corrected chi connectivity index (χ4v) is 2.99. The van der Waals surface area contributed by atoms with Crippen LogP contribution in [-0.2, 0) is 6.18 Å². The zero-order chi connectivity index (χ0) is 15.6. The topological polar surface area (TPSA) is 12.0 Å². The van der Waals surface area contributed by atoms with Crippen molar-refractivity contribution in [1.29, 1.82) is 0 Å². The maximum Gasteiger partial charge on any atom is 0.419 e. The SMILES string of the molecule is CCNC(c1ccc(F)c(C(F)(F)F)c1)c1ccsc1C. The van der Waals surface area contributed by atoms with Crippen LogP contribution in [0.1, 0.15) is 34.5 Å². The summed E-state index contributed by atoms with van der Waals surface area (Å²) in [5.74, 6) is -1.25. The Labute approximate surface area is 124 Å². The van der Waals surface area contributed by atoms with Gasteiger partial charge in [-0.3, -0.25) is 0 Å². The highest BCUT2D eigenvalue weighted by Crippen LogP contribution is 2.35. The first kappa shape index (κ1) is 16.0. The number of halogens is 4. The van der Waals surface area contributed by atoms with Crippen molar-refractivity contribution in [2.75, 3.05) is 6.54 Å². The number of aryl methyl sites for hydroxylation is 1. The summed E-state index contributed by atoms with van der Waals surface area (Å²) in [5.41, 5.74) is 0.101. The number of benzene rings is 1. The molecule has 0 aliphatic carbocycles. The molecule has 1 aromatic carbocycles. The first-order valence-corrected chi connectivity index (χ1v) is 7.36. The highest BCUT2D eigenvalue weighted by Gasteiger charge is 2.34. The van der Waals surface area contributed by atoms with Gasteiger partial charge < -0.3 is 5.32 Å². The van der Waals surface area contributed by atoms with Crippen LogP contribution < -0.4 is 5.32 Å². The Morgan fingerprint density at radius 1 is 1.24 bits per heavy atom. The summed E-state index contributed by atoms with van der Waals surface area (Å²) in [5, 5.41) is 5.05. The Balaban J connectivity index is 2.49. The van der Waals surface area contributed by atoms with Gasteiger partial charge in [0, 0.05) is 4.88 Å². The molecule has 21 heavy (non-hydrogen) atoms. The molecule has 6 heteroatoms. The van der Waals surface area contributed by atoms with Crippen molar-refractivity contribution in [1.82, 2.24) is 5.32 Å². The highest BCUT2D eigenvalue weighted by atomic mass is 32.1. The summed E-state index contributed by atoms with van der Waals surface area (Å²) in [4.78, 5) is 1.03. The Hall–Kier alpha value is -1.40. The van der Waals surface area contributed by atoms with Crippen LogP contribution in [0.15, 0.2) is 29.6 Å². The fourth-order valence-electron chi connectivity index (χ4n) is 2.25. The predicted octanol–water partition coefficient (Wildman–Crippen LogP) is 4.91. The third kappa shape index (κ3) is 3.44. The quantitative estimate of drug-likeness (QED) is 0.790. The van der Waals surface area contributed by atoms with Gasteiger partial charge >= 0.3 is 6.18 Å². The van der Waals surface area contributed by atoms with Gasteiger partial charge in [0.2, 0.25) is 0 Å². The van der Waals surface area contributed by atoms with E-state index in [0.29, 0.717) is 12.1 Å². The van der Waals surface area contributed by atoms with E-state index in [0.717, 1.165) is 22.6 Å². The summed E-state index contributed by atoms with van der Waals surface area (Å²) in [6.45, 7) is 4.39. The Morgan fingerprint density at radius 3 is 2.48 bits per heavy atom. The molecule has 1 N–H and O–H groups in total. The van der Waals surface area contributed by atoms with Crippen LogP contribution in [-0.4, -0.2) is 6.54 Å². The van der Waals surface area contributed by atoms with Crippen LogP contribution in [0.25, 0.3) is 0 Å². The minimum absolute atomic E-state index is 0.372. The molecule has 2 rings (SSSR count). The molecular formula is C15H15F4NS. The van der Waals surface area contributed by atoms with Gasteiger partial charge in [-0.2, -0.15) is 13.2 Å². The first-order chi connectivity index (χ1) is 9.84. The van der Waals surface area contributed by atoms with Gasteiger partial charge in [-0.15, -0.1) is 11.3 Å². The molecule has 1 heterocycles. The summed E-state index contributed by atoms with van der Waals surface area (Å²) in [6.07, 6.45) is -4.69. The van der Waals surface area contributed by atoms with E-state index >= 15 is 0 Å². The molecule has 0 bridgehead atoms. The minimum Gasteiger partial charge on any atom is -0.306 e. The van der Waals surface area contributed by atoms with E-state index in [-0.39, 0.29) is 6.04 Å². The third-order valence-corrected chi connectivity index (χ3v) is 4.11. The second kappa shape index (κ2) is 6.15. The largest absolute Gasteiger partial charge is 0.419 e. The van der Waals surface area contributed by atoms with Gasteiger partial charge in [0.05, 0.1) is 11.6 Å². The monoisotopic (exact) mass is 317 g/mol. The number of nitrogens with one attached hydrogen (secondary N) is 1. The number of hydrogen-bond donors (Lipinski definition) is 1. The molecule has 114 valence electrons. The van der Waals surface area contributed by atoms with Crippen LogP contribution in [0.5, 0.6) is 0 Å². The van der Waals surface area contributed by atoms with Gasteiger partial charge in [-0.25, -0.2) is 4.39 Å². The normalized spacial score (nSPS) is 13.4. The van der Waals surface area contributed by atoms with Crippen molar-refractivity contribution < 1.29 is 17.6 Å². The van der Waals surface area contributed by atoms with E-state index in [1.807, 2.05) is 25.3 Å². The van der Waals surface area contributed by atoms with E-state index in [1.165, 1.54) is 17.4 Å². The average molecular weight is 317 g/mol. The maximum absolute atomic E-state index is 13.4. The molecule has 0 spiro atoms. The number of hydrogen-bond acceptors (Lipinski definition) is 2. The van der Waals surface area contributed by atoms with E-state index < -0.39 is 17.6 Å². The van der Waals surface area contributed by atoms with Crippen molar-refractivity contribution in [2.24, 2.45) is 0 Å². The third-order valence-electron chi connectivity index (χ3n) is 3.25. The Bertz CT molecular complexity index is 618. The van der Waals surface area contributed by atoms with Crippen molar-refractivity contribution in [2.45, 2.75) is 26.1 Å². The lowest BCUT2D eigenvalue weighted by Crippen LogP contribution is -2.23. The molecule has 0 fully saturated rings. The lowest BCUT2D eigenvalue weighted by atomic mass is 9.97. The van der Waals surface area contributed by atoms with Crippen molar-refractivity contribution in [3.63, 3.8) is 0 Å². The Kier molecular flexibility index (Phi) is 4.68. The first-order valence-electron chi connectivity index (χ1n) is 6.48. The average Bonchev–Trinajstić information content (AvgIpc) is 2.82. The van der Waals surface area contributed by atoms with Crippen LogP contribution in [0, 0.1) is 12.7 Å². The molecule has 0 amide bonds. The van der Waals surface area contributed by atoms with Crippen LogP contribution in [0.4, 0.5) is 17.6 Å². The van der Waals surface area contributed by atoms with E-state index in [1.54, 1.807) is 0 Å². The molecule has 0 saturated heterocycles. The van der Waals surface area contributed by atoms with Gasteiger partial charge in [-0.05, 0) is 48.2 Å². The summed E-state index contributed by atoms with van der Waals surface area (Å²) >= 11 is 1.53. The predicted molar refractivity (Wildman–Crippen MR) is 76.0 cm³/mol. The van der Waals surface area contributed by atoms with Gasteiger partial charge in [0.15, 0.2) is 0 Å². The fraction of sp³-hybridized carbons (Fsp3) is 0.333. The molecule has 1 unspecified atom stereocenters. The molecule has 2 aromatic rings. The van der Waals surface area contributed by atoms with Crippen LogP contribution >= 0.6 is 11.3 Å².